The van der Waals surface area contributed by atoms with Crippen LogP contribution in [0.25, 0.3) is 21.9 Å². The Morgan fingerprint density at radius 1 is 0.411 bits per heavy atom. The van der Waals surface area contributed by atoms with Gasteiger partial charge < -0.3 is 4.90 Å². The van der Waals surface area contributed by atoms with Gasteiger partial charge in [0.05, 0.1) is 11.1 Å². The number of hydrogen-bond acceptors (Lipinski definition) is 1. The van der Waals surface area contributed by atoms with Crippen molar-refractivity contribution in [3.8, 4) is 11.1 Å². The Labute approximate surface area is 329 Å². The molecule has 0 N–H and O–H groups in total. The summed E-state index contributed by atoms with van der Waals surface area (Å²) in [6.07, 6.45) is 0.869. The summed E-state index contributed by atoms with van der Waals surface area (Å²) in [5, 5.41) is 2.50. The van der Waals surface area contributed by atoms with Crippen molar-refractivity contribution in [2.75, 3.05) is 4.90 Å². The van der Waals surface area contributed by atoms with Crippen LogP contribution in [0.1, 0.15) is 44.9 Å². The summed E-state index contributed by atoms with van der Waals surface area (Å²) in [5.74, 6) is 0.0728. The van der Waals surface area contributed by atoms with Gasteiger partial charge in [0.15, 0.2) is 0 Å². The Bertz CT molecular complexity index is 2660. The average molecular weight is 716 g/mol. The first-order valence-electron chi connectivity index (χ1n) is 19.6. The Morgan fingerprint density at radius 2 is 0.857 bits per heavy atom. The molecule has 1 aliphatic rings. The second-order valence-corrected chi connectivity index (χ2v) is 14.7. The third-order valence-electron chi connectivity index (χ3n) is 11.7. The van der Waals surface area contributed by atoms with Gasteiger partial charge in [-0.2, -0.15) is 0 Å². The smallest absolute Gasteiger partial charge is 0.0734 e. The van der Waals surface area contributed by atoms with Crippen LogP contribution in [-0.2, 0) is 11.8 Å². The lowest BCUT2D eigenvalue weighted by atomic mass is 9.66. The third-order valence-corrected chi connectivity index (χ3v) is 11.7. The van der Waals surface area contributed by atoms with E-state index in [1.165, 1.54) is 66.5 Å². The maximum absolute atomic E-state index is 2.52. The summed E-state index contributed by atoms with van der Waals surface area (Å²) in [6.45, 7) is 0. The summed E-state index contributed by atoms with van der Waals surface area (Å²) in [6, 6.07) is 84.9. The predicted octanol–water partition coefficient (Wildman–Crippen LogP) is 14.0. The molecule has 0 fully saturated rings. The molecule has 56 heavy (non-hydrogen) atoms. The molecule has 0 heterocycles. The molecule has 0 bridgehead atoms. The quantitative estimate of drug-likeness (QED) is 0.144. The summed E-state index contributed by atoms with van der Waals surface area (Å²) in [4.78, 5) is 2.52. The van der Waals surface area contributed by atoms with Gasteiger partial charge in [0, 0.05) is 28.2 Å². The minimum atomic E-state index is -0.641. The number of fused-ring (bicyclic) bond motifs is 4. The fourth-order valence-electron chi connectivity index (χ4n) is 9.47. The maximum atomic E-state index is 2.52. The molecule has 0 amide bonds. The first-order valence-corrected chi connectivity index (χ1v) is 19.6. The van der Waals surface area contributed by atoms with Crippen LogP contribution >= 0.6 is 0 Å². The predicted molar refractivity (Wildman–Crippen MR) is 234 cm³/mol. The Kier molecular flexibility index (Phi) is 8.61. The van der Waals surface area contributed by atoms with E-state index in [4.69, 9.17) is 0 Å². The second-order valence-electron chi connectivity index (χ2n) is 14.7. The minimum Gasteiger partial charge on any atom is -0.310 e. The molecule has 0 aromatic heterocycles. The Hall–Kier alpha value is -6.96. The first-order chi connectivity index (χ1) is 27.8. The molecule has 0 aliphatic heterocycles. The van der Waals surface area contributed by atoms with Crippen molar-refractivity contribution in [1.82, 2.24) is 0 Å². The van der Waals surface area contributed by atoms with Gasteiger partial charge in [-0.3, -0.25) is 0 Å². The van der Waals surface area contributed by atoms with E-state index in [2.05, 4.69) is 235 Å². The molecule has 1 atom stereocenters. The molecule has 1 nitrogen and oxygen atoms in total. The molecule has 1 unspecified atom stereocenters. The zero-order valence-corrected chi connectivity index (χ0v) is 31.2. The van der Waals surface area contributed by atoms with Crippen molar-refractivity contribution in [2.24, 2.45) is 0 Å². The molecule has 0 radical (unpaired) electrons. The van der Waals surface area contributed by atoms with Gasteiger partial charge >= 0.3 is 0 Å². The lowest BCUT2D eigenvalue weighted by molar-refractivity contribution is 0.764. The van der Waals surface area contributed by atoms with E-state index in [-0.39, 0.29) is 5.92 Å². The zero-order chi connectivity index (χ0) is 37.3. The molecule has 0 spiro atoms. The van der Waals surface area contributed by atoms with Crippen molar-refractivity contribution >= 4 is 27.8 Å². The number of nitrogens with zero attached hydrogens (tertiary/aromatic N) is 1. The minimum absolute atomic E-state index is 0.0728. The van der Waals surface area contributed by atoms with E-state index in [0.717, 1.165) is 17.8 Å². The number of hydrogen-bond donors (Lipinski definition) is 0. The Morgan fingerprint density at radius 3 is 1.43 bits per heavy atom. The lowest BCUT2D eigenvalue weighted by Crippen LogP contribution is -2.31. The number of para-hydroxylation sites is 2. The molecule has 0 saturated carbocycles. The van der Waals surface area contributed by atoms with E-state index < -0.39 is 5.41 Å². The van der Waals surface area contributed by atoms with Crippen molar-refractivity contribution < 1.29 is 0 Å². The third kappa shape index (κ3) is 5.47. The summed E-state index contributed by atoms with van der Waals surface area (Å²) in [7, 11) is 0. The summed E-state index contributed by atoms with van der Waals surface area (Å²) in [5.41, 5.74) is 14.5. The van der Waals surface area contributed by atoms with Crippen molar-refractivity contribution in [2.45, 2.75) is 17.8 Å². The molecule has 1 aliphatic carbocycles. The fraction of sp³-hybridized carbons (Fsp3) is 0.0545. The average Bonchev–Trinajstić information content (AvgIpc) is 3.59. The van der Waals surface area contributed by atoms with Crippen LogP contribution in [0.5, 0.6) is 0 Å². The maximum Gasteiger partial charge on any atom is 0.0734 e. The number of benzene rings is 9. The molecule has 0 saturated heterocycles. The van der Waals surface area contributed by atoms with Crippen molar-refractivity contribution in [3.63, 3.8) is 0 Å². The van der Waals surface area contributed by atoms with E-state index in [9.17, 15) is 0 Å². The zero-order valence-electron chi connectivity index (χ0n) is 31.2. The highest BCUT2D eigenvalue weighted by atomic mass is 15.1. The topological polar surface area (TPSA) is 3.24 Å². The van der Waals surface area contributed by atoms with Gasteiger partial charge in [-0.05, 0) is 80.6 Å². The van der Waals surface area contributed by atoms with Crippen molar-refractivity contribution in [3.05, 3.63) is 269 Å². The monoisotopic (exact) mass is 715 g/mol. The van der Waals surface area contributed by atoms with Gasteiger partial charge in [0.25, 0.3) is 0 Å². The highest BCUT2D eigenvalue weighted by Gasteiger charge is 2.50. The molecule has 10 rings (SSSR count). The van der Waals surface area contributed by atoms with E-state index in [1.54, 1.807) is 0 Å². The second kappa shape index (κ2) is 14.4. The van der Waals surface area contributed by atoms with Crippen LogP contribution in [0, 0.1) is 0 Å². The highest BCUT2D eigenvalue weighted by molar-refractivity contribution is 6.11. The van der Waals surface area contributed by atoms with Gasteiger partial charge in [0.2, 0.25) is 0 Å². The van der Waals surface area contributed by atoms with Crippen LogP contribution in [0.4, 0.5) is 17.1 Å². The van der Waals surface area contributed by atoms with E-state index in [1.807, 2.05) is 0 Å². The normalized spacial score (nSPS) is 13.1. The van der Waals surface area contributed by atoms with Gasteiger partial charge in [-0.15, -0.1) is 0 Å². The SMILES string of the molecule is c1ccc(CC(c2ccccc2)c2c3c(c(N(c4ccccc4)c4ccccc4)c4ccccc24)C(c2ccccc2)(c2ccccc2)c2ccccc2-3)cc1. The standard InChI is InChI=1S/C55H41N/c1-7-23-40(24-8-1)39-49(41-25-9-2-10-26-41)51-46-35-19-20-36-47(46)54(56(44-31-15-5-16-32-44)45-33-17-6-18-34-45)53-52(51)48-37-21-22-38-50(48)55(53,42-27-11-3-12-28-42)43-29-13-4-14-30-43/h1-38,49H,39H2. The lowest BCUT2D eigenvalue weighted by Gasteiger charge is -2.39. The molecule has 266 valence electrons. The molecule has 9 aromatic rings. The fourth-order valence-corrected chi connectivity index (χ4v) is 9.47. The van der Waals surface area contributed by atoms with Crippen LogP contribution in [-0.4, -0.2) is 0 Å². The van der Waals surface area contributed by atoms with Gasteiger partial charge in [-0.1, -0.05) is 206 Å². The summed E-state index contributed by atoms with van der Waals surface area (Å²) >= 11 is 0. The van der Waals surface area contributed by atoms with Crippen LogP contribution in [0.15, 0.2) is 231 Å². The largest absolute Gasteiger partial charge is 0.310 e. The van der Waals surface area contributed by atoms with Crippen molar-refractivity contribution in [1.29, 1.82) is 0 Å². The van der Waals surface area contributed by atoms with Crippen LogP contribution in [0.2, 0.25) is 0 Å². The van der Waals surface area contributed by atoms with Gasteiger partial charge in [0.1, 0.15) is 0 Å². The van der Waals surface area contributed by atoms with E-state index in [0.29, 0.717) is 0 Å². The summed E-state index contributed by atoms with van der Waals surface area (Å²) < 4.78 is 0. The molecular weight excluding hydrogens is 675 g/mol. The first kappa shape index (κ1) is 33.6. The van der Waals surface area contributed by atoms with Crippen LogP contribution < -0.4 is 4.90 Å². The van der Waals surface area contributed by atoms with Crippen LogP contribution in [0.3, 0.4) is 0 Å². The highest BCUT2D eigenvalue weighted by Crippen LogP contribution is 2.64. The Balaban J connectivity index is 1.46. The molecule has 9 aromatic carbocycles. The van der Waals surface area contributed by atoms with Gasteiger partial charge in [-0.25, -0.2) is 0 Å². The molecule has 1 heteroatoms. The number of rotatable bonds is 9. The number of anilines is 3. The molecular formula is C55H41N. The van der Waals surface area contributed by atoms with E-state index >= 15 is 0 Å².